The van der Waals surface area contributed by atoms with Gasteiger partial charge in [-0.05, 0) is 38.8 Å². The Hall–Kier alpha value is -3.22. The summed E-state index contributed by atoms with van der Waals surface area (Å²) < 4.78 is 6.88. The first-order chi connectivity index (χ1) is 12.9. The van der Waals surface area contributed by atoms with Gasteiger partial charge in [-0.25, -0.2) is 9.50 Å². The van der Waals surface area contributed by atoms with Crippen LogP contribution in [-0.2, 0) is 6.42 Å². The van der Waals surface area contributed by atoms with E-state index in [2.05, 4.69) is 15.4 Å². The Morgan fingerprint density at radius 3 is 2.74 bits per heavy atom. The van der Waals surface area contributed by atoms with Crippen molar-refractivity contribution in [2.45, 2.75) is 33.2 Å². The number of methoxy groups -OCH3 is 1. The van der Waals surface area contributed by atoms with Crippen LogP contribution >= 0.6 is 0 Å². The number of rotatable bonds is 6. The first-order valence-corrected chi connectivity index (χ1v) is 8.69. The molecule has 1 atom stereocenters. The summed E-state index contributed by atoms with van der Waals surface area (Å²) in [6, 6.07) is 9.22. The lowest BCUT2D eigenvalue weighted by Crippen LogP contribution is -2.34. The van der Waals surface area contributed by atoms with Gasteiger partial charge < -0.3 is 10.1 Å². The van der Waals surface area contributed by atoms with Gasteiger partial charge in [-0.1, -0.05) is 18.2 Å². The van der Waals surface area contributed by atoms with Crippen molar-refractivity contribution >= 4 is 17.3 Å². The Morgan fingerprint density at radius 2 is 2.04 bits per heavy atom. The van der Waals surface area contributed by atoms with E-state index in [1.54, 1.807) is 20.1 Å². The van der Waals surface area contributed by atoms with E-state index in [0.717, 1.165) is 11.3 Å². The van der Waals surface area contributed by atoms with Crippen LogP contribution in [-0.4, -0.2) is 39.4 Å². The lowest BCUT2D eigenvalue weighted by atomic mass is 10.1. The smallest absolute Gasteiger partial charge is 0.272 e. The maximum Gasteiger partial charge on any atom is 0.272 e. The molecule has 2 aromatic heterocycles. The molecule has 1 amide bonds. The highest BCUT2D eigenvalue weighted by atomic mass is 16.5. The number of benzene rings is 1. The number of para-hydroxylation sites is 1. The molecule has 0 saturated carbocycles. The number of aryl methyl sites for hydroxylation is 1. The number of ether oxygens (including phenoxy) is 1. The Labute approximate surface area is 157 Å². The second-order valence-electron chi connectivity index (χ2n) is 6.50. The third-order valence-electron chi connectivity index (χ3n) is 4.43. The molecule has 0 radical (unpaired) electrons. The summed E-state index contributed by atoms with van der Waals surface area (Å²) in [7, 11) is 1.63. The fourth-order valence-electron chi connectivity index (χ4n) is 3.06. The second kappa shape index (κ2) is 7.57. The Kier molecular flexibility index (Phi) is 5.21. The van der Waals surface area contributed by atoms with Crippen molar-refractivity contribution in [3.63, 3.8) is 0 Å². The number of Topliss-reactive ketones (excluding diaryl/α,β-unsaturated/α-hetero) is 1. The molecule has 0 aliphatic carbocycles. The lowest BCUT2D eigenvalue weighted by Gasteiger charge is -2.15. The average molecular weight is 366 g/mol. The van der Waals surface area contributed by atoms with Crippen LogP contribution in [0.15, 0.2) is 36.5 Å². The van der Waals surface area contributed by atoms with Crippen molar-refractivity contribution in [1.29, 1.82) is 0 Å². The summed E-state index contributed by atoms with van der Waals surface area (Å²) in [5.41, 5.74) is 2.96. The van der Waals surface area contributed by atoms with Crippen LogP contribution in [0.5, 0.6) is 5.75 Å². The molecule has 0 fully saturated rings. The van der Waals surface area contributed by atoms with Crippen LogP contribution in [0.4, 0.5) is 0 Å². The molecule has 0 saturated heterocycles. The first kappa shape index (κ1) is 18.6. The molecule has 7 nitrogen and oxygen atoms in total. The Bertz CT molecular complexity index is 1010. The molecule has 3 aromatic rings. The highest BCUT2D eigenvalue weighted by molar-refractivity contribution is 5.96. The maximum absolute atomic E-state index is 12.6. The minimum Gasteiger partial charge on any atom is -0.496 e. The fourth-order valence-corrected chi connectivity index (χ4v) is 3.06. The maximum atomic E-state index is 12.6. The quantitative estimate of drug-likeness (QED) is 0.678. The molecule has 0 unspecified atom stereocenters. The van der Waals surface area contributed by atoms with E-state index in [9.17, 15) is 9.59 Å². The average Bonchev–Trinajstić information content (AvgIpc) is 3.07. The third-order valence-corrected chi connectivity index (χ3v) is 4.43. The van der Waals surface area contributed by atoms with Gasteiger partial charge in [0, 0.05) is 18.3 Å². The molecular weight excluding hydrogens is 344 g/mol. The minimum atomic E-state index is -0.285. The molecule has 7 heteroatoms. The zero-order valence-corrected chi connectivity index (χ0v) is 15.8. The molecule has 1 N–H and O–H groups in total. The lowest BCUT2D eigenvalue weighted by molar-refractivity contribution is 0.0934. The summed E-state index contributed by atoms with van der Waals surface area (Å²) in [6.07, 6.45) is 2.15. The molecule has 0 aliphatic heterocycles. The van der Waals surface area contributed by atoms with Gasteiger partial charge in [0.15, 0.2) is 17.1 Å². The van der Waals surface area contributed by atoms with Crippen molar-refractivity contribution in [3.8, 4) is 5.75 Å². The number of carbonyl (C=O) groups excluding carboxylic acids is 2. The van der Waals surface area contributed by atoms with Gasteiger partial charge in [-0.2, -0.15) is 5.10 Å². The van der Waals surface area contributed by atoms with Crippen LogP contribution in [0.25, 0.3) is 5.65 Å². The molecule has 0 bridgehead atoms. The van der Waals surface area contributed by atoms with Gasteiger partial charge in [0.05, 0.1) is 18.4 Å². The van der Waals surface area contributed by atoms with Gasteiger partial charge in [0.2, 0.25) is 0 Å². The summed E-state index contributed by atoms with van der Waals surface area (Å²) in [5, 5.41) is 7.26. The van der Waals surface area contributed by atoms with Gasteiger partial charge in [-0.3, -0.25) is 9.59 Å². The predicted molar refractivity (Wildman–Crippen MR) is 101 cm³/mol. The van der Waals surface area contributed by atoms with Gasteiger partial charge in [-0.15, -0.1) is 0 Å². The fraction of sp³-hybridized carbons (Fsp3) is 0.300. The molecule has 27 heavy (non-hydrogen) atoms. The van der Waals surface area contributed by atoms with Crippen LogP contribution < -0.4 is 10.1 Å². The highest BCUT2D eigenvalue weighted by Gasteiger charge is 2.17. The monoisotopic (exact) mass is 366 g/mol. The number of amides is 1. The van der Waals surface area contributed by atoms with E-state index in [1.165, 1.54) is 17.6 Å². The van der Waals surface area contributed by atoms with Gasteiger partial charge >= 0.3 is 0 Å². The summed E-state index contributed by atoms with van der Waals surface area (Å²) >= 11 is 0. The van der Waals surface area contributed by atoms with E-state index in [-0.39, 0.29) is 23.4 Å². The molecule has 3 rings (SSSR count). The molecule has 2 heterocycles. The summed E-state index contributed by atoms with van der Waals surface area (Å²) in [5.74, 6) is 0.420. The van der Waals surface area contributed by atoms with E-state index < -0.39 is 0 Å². The van der Waals surface area contributed by atoms with E-state index in [0.29, 0.717) is 23.3 Å². The van der Waals surface area contributed by atoms with Crippen molar-refractivity contribution < 1.29 is 14.3 Å². The predicted octanol–water partition coefficient (Wildman–Crippen LogP) is 2.61. The Morgan fingerprint density at radius 1 is 1.30 bits per heavy atom. The van der Waals surface area contributed by atoms with Crippen LogP contribution in [0.2, 0.25) is 0 Å². The zero-order chi connectivity index (χ0) is 19.6. The van der Waals surface area contributed by atoms with Crippen molar-refractivity contribution in [1.82, 2.24) is 19.9 Å². The number of fused-ring (bicyclic) bond motifs is 1. The normalized spacial score (nSPS) is 12.0. The number of hydrogen-bond donors (Lipinski definition) is 1. The Balaban J connectivity index is 1.77. The van der Waals surface area contributed by atoms with Crippen LogP contribution in [0.3, 0.4) is 0 Å². The molecule has 0 aliphatic rings. The minimum absolute atomic E-state index is 0.0890. The molecule has 1 aromatic carbocycles. The van der Waals surface area contributed by atoms with E-state index >= 15 is 0 Å². The molecule has 140 valence electrons. The van der Waals surface area contributed by atoms with Crippen LogP contribution in [0.1, 0.15) is 46.0 Å². The number of aromatic nitrogens is 3. The number of nitrogens with one attached hydrogen (secondary N) is 1. The van der Waals surface area contributed by atoms with Gasteiger partial charge in [0.1, 0.15) is 5.75 Å². The van der Waals surface area contributed by atoms with Gasteiger partial charge in [0.25, 0.3) is 5.91 Å². The third kappa shape index (κ3) is 3.81. The standard InChI is InChI=1S/C20H22N4O3/c1-12(9-15-7-5-6-8-18(15)27-4)22-20(26)17-10-19-21-11-16(14(3)25)13(2)24(19)23-17/h5-8,10-12H,9H2,1-4H3,(H,22,26)/t12-/m1/s1. The molecular formula is C20H22N4O3. The second-order valence-corrected chi connectivity index (χ2v) is 6.50. The summed E-state index contributed by atoms with van der Waals surface area (Å²) in [6.45, 7) is 5.19. The topological polar surface area (TPSA) is 85.6 Å². The first-order valence-electron chi connectivity index (χ1n) is 8.69. The zero-order valence-electron chi connectivity index (χ0n) is 15.8. The number of hydrogen-bond acceptors (Lipinski definition) is 5. The van der Waals surface area contributed by atoms with Crippen molar-refractivity contribution in [2.75, 3.05) is 7.11 Å². The summed E-state index contributed by atoms with van der Waals surface area (Å²) in [4.78, 5) is 28.5. The highest BCUT2D eigenvalue weighted by Crippen LogP contribution is 2.19. The largest absolute Gasteiger partial charge is 0.496 e. The van der Waals surface area contributed by atoms with E-state index in [1.807, 2.05) is 31.2 Å². The number of carbonyl (C=O) groups is 2. The van der Waals surface area contributed by atoms with Crippen molar-refractivity contribution in [3.05, 3.63) is 59.0 Å². The van der Waals surface area contributed by atoms with E-state index in [4.69, 9.17) is 4.74 Å². The number of ketones is 1. The van der Waals surface area contributed by atoms with Crippen LogP contribution in [0, 0.1) is 6.92 Å². The number of nitrogens with zero attached hydrogens (tertiary/aromatic N) is 3. The SMILES string of the molecule is COc1ccccc1C[C@@H](C)NC(=O)c1cc2ncc(C(C)=O)c(C)n2n1. The molecule has 0 spiro atoms. The van der Waals surface area contributed by atoms with Crippen molar-refractivity contribution in [2.24, 2.45) is 0 Å².